The molecule has 9 nitrogen and oxygen atoms in total. The highest BCUT2D eigenvalue weighted by atomic mass is 19.4. The molecule has 2 atom stereocenters. The second-order valence-electron chi connectivity index (χ2n) is 11.3. The number of hydrogen-bond donors (Lipinski definition) is 2. The van der Waals surface area contributed by atoms with E-state index in [4.69, 9.17) is 19.6 Å². The average Bonchev–Trinajstić information content (AvgIpc) is 3.59. The number of nitrogens with one attached hydrogen (secondary N) is 1. The summed E-state index contributed by atoms with van der Waals surface area (Å²) in [6.07, 6.45) is -1.74. The Kier molecular flexibility index (Phi) is 7.50. The van der Waals surface area contributed by atoms with Gasteiger partial charge in [-0.05, 0) is 68.3 Å². The molecule has 6 rings (SSSR count). The molecule has 3 N–H and O–H groups in total. The third-order valence-electron chi connectivity index (χ3n) is 7.93. The van der Waals surface area contributed by atoms with Crippen LogP contribution in [0.2, 0.25) is 0 Å². The first-order chi connectivity index (χ1) is 21.3. The molecule has 1 fully saturated rings. The smallest absolute Gasteiger partial charge is 0.398 e. The van der Waals surface area contributed by atoms with E-state index in [1.807, 2.05) is 0 Å². The first-order valence-corrected chi connectivity index (χ1v) is 14.2. The van der Waals surface area contributed by atoms with Crippen molar-refractivity contribution in [2.24, 2.45) is 5.73 Å². The number of carbonyl (C=O) groups excluding carboxylic acids is 2. The molecule has 2 aromatic carbocycles. The highest BCUT2D eigenvalue weighted by molar-refractivity contribution is 5.95. The molecule has 13 heteroatoms. The van der Waals surface area contributed by atoms with Crippen LogP contribution in [0, 0.1) is 12.7 Å². The van der Waals surface area contributed by atoms with Crippen LogP contribution in [0.5, 0.6) is 11.5 Å². The van der Waals surface area contributed by atoms with E-state index in [0.29, 0.717) is 22.9 Å². The number of oxazole rings is 1. The minimum Gasteiger partial charge on any atom is -0.490 e. The molecule has 0 radical (unpaired) electrons. The maximum atomic E-state index is 14.6. The van der Waals surface area contributed by atoms with Crippen molar-refractivity contribution in [1.29, 1.82) is 0 Å². The number of rotatable bonds is 9. The molecule has 4 aromatic rings. The second-order valence-corrected chi connectivity index (χ2v) is 11.3. The van der Waals surface area contributed by atoms with Crippen molar-refractivity contribution in [3.63, 3.8) is 0 Å². The van der Waals surface area contributed by atoms with E-state index in [-0.39, 0.29) is 40.8 Å². The van der Waals surface area contributed by atoms with Crippen molar-refractivity contribution in [2.75, 3.05) is 13.2 Å². The zero-order valence-corrected chi connectivity index (χ0v) is 24.2. The predicted molar refractivity (Wildman–Crippen MR) is 153 cm³/mol. The van der Waals surface area contributed by atoms with Gasteiger partial charge in [-0.25, -0.2) is 14.4 Å². The number of hydrogen-bond acceptors (Lipinski definition) is 7. The largest absolute Gasteiger partial charge is 0.490 e. The Morgan fingerprint density at radius 3 is 2.49 bits per heavy atom. The van der Waals surface area contributed by atoms with Crippen LogP contribution in [0.3, 0.4) is 0 Å². The molecule has 0 unspecified atom stereocenters. The fraction of sp³-hybridized carbons (Fsp3) is 0.312. The van der Waals surface area contributed by atoms with Crippen molar-refractivity contribution in [3.8, 4) is 34.0 Å². The molecule has 2 aromatic heterocycles. The number of carbonyl (C=O) groups is 2. The van der Waals surface area contributed by atoms with Gasteiger partial charge in [0, 0.05) is 35.7 Å². The van der Waals surface area contributed by atoms with E-state index < -0.39 is 47.4 Å². The lowest BCUT2D eigenvalue weighted by Crippen LogP contribution is -2.40. The molecule has 234 valence electrons. The summed E-state index contributed by atoms with van der Waals surface area (Å²) in [6.45, 7) is 2.08. The molecule has 1 aliphatic carbocycles. The molecule has 0 bridgehead atoms. The summed E-state index contributed by atoms with van der Waals surface area (Å²) in [7, 11) is 0. The van der Waals surface area contributed by atoms with Crippen LogP contribution in [0.1, 0.15) is 53.2 Å². The lowest BCUT2D eigenvalue weighted by atomic mass is 9.82. The molecule has 2 amide bonds. The molecule has 45 heavy (non-hydrogen) atoms. The van der Waals surface area contributed by atoms with Gasteiger partial charge in [-0.3, -0.25) is 9.59 Å². The number of aromatic nitrogens is 2. The summed E-state index contributed by atoms with van der Waals surface area (Å²) in [5, 5.41) is 2.38. The number of fused-ring (bicyclic) bond motifs is 1. The summed E-state index contributed by atoms with van der Waals surface area (Å²) >= 11 is 0. The Hall–Kier alpha value is -4.94. The number of halogens is 4. The fourth-order valence-electron chi connectivity index (χ4n) is 5.10. The van der Waals surface area contributed by atoms with Crippen LogP contribution in [-0.4, -0.2) is 47.2 Å². The third kappa shape index (κ3) is 5.94. The molecular weight excluding hydrogens is 596 g/mol. The maximum Gasteiger partial charge on any atom is 0.398 e. The Labute approximate surface area is 254 Å². The molecular formula is C32H28F4N4O5. The molecule has 1 saturated carbocycles. The quantitative estimate of drug-likeness (QED) is 0.232. The molecule has 0 spiro atoms. The lowest BCUT2D eigenvalue weighted by Gasteiger charge is -2.24. The Balaban J connectivity index is 1.33. The predicted octanol–water partition coefficient (Wildman–Crippen LogP) is 5.60. The number of primary amides is 1. The van der Waals surface area contributed by atoms with Crippen LogP contribution >= 0.6 is 0 Å². The zero-order chi connectivity index (χ0) is 32.1. The van der Waals surface area contributed by atoms with E-state index in [2.05, 4.69) is 15.3 Å². The minimum atomic E-state index is -4.86. The van der Waals surface area contributed by atoms with Gasteiger partial charge in [0.05, 0.1) is 11.8 Å². The van der Waals surface area contributed by atoms with Gasteiger partial charge < -0.3 is 24.9 Å². The monoisotopic (exact) mass is 624 g/mol. The molecule has 1 aliphatic heterocycles. The highest BCUT2D eigenvalue weighted by Crippen LogP contribution is 2.46. The van der Waals surface area contributed by atoms with Gasteiger partial charge in [-0.1, -0.05) is 0 Å². The first kappa shape index (κ1) is 30.1. The Morgan fingerprint density at radius 2 is 1.87 bits per heavy atom. The van der Waals surface area contributed by atoms with Crippen LogP contribution in [-0.2, 0) is 10.2 Å². The van der Waals surface area contributed by atoms with Crippen LogP contribution < -0.4 is 20.5 Å². The van der Waals surface area contributed by atoms with Crippen molar-refractivity contribution >= 4 is 11.8 Å². The van der Waals surface area contributed by atoms with Gasteiger partial charge in [-0.15, -0.1) is 0 Å². The van der Waals surface area contributed by atoms with Crippen molar-refractivity contribution in [2.45, 2.75) is 50.3 Å². The van der Waals surface area contributed by atoms with Crippen LogP contribution in [0.25, 0.3) is 22.5 Å². The summed E-state index contributed by atoms with van der Waals surface area (Å²) in [6, 6.07) is 10.6. The normalized spacial score (nSPS) is 18.2. The van der Waals surface area contributed by atoms with E-state index >= 15 is 0 Å². The number of ether oxygens (including phenoxy) is 2. The number of nitrogens with two attached hydrogens (primary N) is 1. The van der Waals surface area contributed by atoms with Gasteiger partial charge in [0.25, 0.3) is 5.91 Å². The van der Waals surface area contributed by atoms with Gasteiger partial charge >= 0.3 is 6.18 Å². The maximum absolute atomic E-state index is 14.6. The van der Waals surface area contributed by atoms with Crippen molar-refractivity contribution in [1.82, 2.24) is 15.3 Å². The van der Waals surface area contributed by atoms with Crippen molar-refractivity contribution in [3.05, 3.63) is 83.3 Å². The number of benzene rings is 2. The van der Waals surface area contributed by atoms with E-state index in [0.717, 1.165) is 31.0 Å². The molecule has 3 heterocycles. The minimum absolute atomic E-state index is 0.00593. The second kappa shape index (κ2) is 11.2. The SMILES string of the molecule is Cc1nc(-c2ccc(C(=O)NC[C@H](c3cc4c(c(-c5ccc(F)cc5)n3)OC[C@]4(C)C(N)=O)C(F)(F)F)cc2OC2CC2)co1. The number of alkyl halides is 3. The van der Waals surface area contributed by atoms with Gasteiger partial charge in [-0.2, -0.15) is 13.2 Å². The van der Waals surface area contributed by atoms with Gasteiger partial charge in [0.2, 0.25) is 5.91 Å². The Bertz CT molecular complexity index is 1790. The molecule has 0 saturated heterocycles. The van der Waals surface area contributed by atoms with E-state index in [9.17, 15) is 27.2 Å². The summed E-state index contributed by atoms with van der Waals surface area (Å²) in [4.78, 5) is 34.2. The summed E-state index contributed by atoms with van der Waals surface area (Å²) < 4.78 is 74.5. The fourth-order valence-corrected chi connectivity index (χ4v) is 5.10. The standard InChI is InChI=1S/C32H28F4N4O5/c1-16-39-25(14-43-16)21-10-5-18(11-26(21)45-20-8-9-20)29(41)38-13-23(32(34,35)36)24-12-22-28(44-15-31(22,2)30(37)42)27(40-24)17-3-6-19(33)7-4-17/h3-7,10-12,14,20,23H,8-9,13,15H2,1-2H3,(H2,37,42)(H,38,41)/t23-,31+/m1/s1. The van der Waals surface area contributed by atoms with E-state index in [1.54, 1.807) is 13.0 Å². The van der Waals surface area contributed by atoms with Crippen molar-refractivity contribution < 1.29 is 41.0 Å². The van der Waals surface area contributed by atoms with Crippen LogP contribution in [0.15, 0.2) is 59.2 Å². The number of amides is 2. The Morgan fingerprint density at radius 1 is 1.13 bits per heavy atom. The lowest BCUT2D eigenvalue weighted by molar-refractivity contribution is -0.149. The first-order valence-electron chi connectivity index (χ1n) is 14.2. The number of pyridine rings is 1. The summed E-state index contributed by atoms with van der Waals surface area (Å²) in [5.74, 6) is -3.51. The molecule has 2 aliphatic rings. The number of aryl methyl sites for hydroxylation is 1. The average molecular weight is 625 g/mol. The summed E-state index contributed by atoms with van der Waals surface area (Å²) in [5.41, 5.74) is 5.29. The van der Waals surface area contributed by atoms with E-state index in [1.165, 1.54) is 37.5 Å². The number of nitrogens with zero attached hydrogens (tertiary/aromatic N) is 2. The topological polar surface area (TPSA) is 130 Å². The zero-order valence-electron chi connectivity index (χ0n) is 24.2. The van der Waals surface area contributed by atoms with Gasteiger partial charge in [0.1, 0.15) is 52.9 Å². The van der Waals surface area contributed by atoms with Crippen LogP contribution in [0.4, 0.5) is 17.6 Å². The van der Waals surface area contributed by atoms with Gasteiger partial charge in [0.15, 0.2) is 5.89 Å². The highest BCUT2D eigenvalue weighted by Gasteiger charge is 2.47. The third-order valence-corrected chi connectivity index (χ3v) is 7.93.